The van der Waals surface area contributed by atoms with Crippen LogP contribution in [0.5, 0.6) is 0 Å². The summed E-state index contributed by atoms with van der Waals surface area (Å²) in [5.41, 5.74) is 0. The first-order valence-corrected chi connectivity index (χ1v) is 12.7. The van der Waals surface area contributed by atoms with Gasteiger partial charge in [0.15, 0.2) is 0 Å². The van der Waals surface area contributed by atoms with E-state index in [2.05, 4.69) is 24.4 Å². The molecule has 0 bridgehead atoms. The van der Waals surface area contributed by atoms with Crippen molar-refractivity contribution in [3.8, 4) is 0 Å². The van der Waals surface area contributed by atoms with Gasteiger partial charge in [0, 0.05) is 0 Å². The van der Waals surface area contributed by atoms with Gasteiger partial charge in [0.05, 0.1) is 0 Å². The molecule has 0 rings (SSSR count). The third-order valence-corrected chi connectivity index (χ3v) is 5.63. The second-order valence-corrected chi connectivity index (χ2v) is 8.55. The summed E-state index contributed by atoms with van der Waals surface area (Å²) in [5, 5.41) is 12.3. The van der Waals surface area contributed by atoms with Crippen molar-refractivity contribution >= 4 is 17.7 Å². The number of aliphatic carboxylic acids is 1. The van der Waals surface area contributed by atoms with Crippen LogP contribution < -0.4 is 5.32 Å². The van der Waals surface area contributed by atoms with Crippen molar-refractivity contribution in [2.75, 3.05) is 18.6 Å². The molecule has 4 heteroatoms. The molecule has 0 saturated heterocycles. The van der Waals surface area contributed by atoms with Gasteiger partial charge in [-0.2, -0.15) is 11.8 Å². The Labute approximate surface area is 173 Å². The van der Waals surface area contributed by atoms with E-state index in [1.54, 1.807) is 11.8 Å². The summed E-state index contributed by atoms with van der Waals surface area (Å²) in [4.78, 5) is 11.1. The van der Waals surface area contributed by atoms with Crippen molar-refractivity contribution in [3.63, 3.8) is 0 Å². The molecule has 1 unspecified atom stereocenters. The van der Waals surface area contributed by atoms with Gasteiger partial charge >= 0.3 is 5.97 Å². The number of thioether (sulfide) groups is 1. The maximum Gasteiger partial charge on any atom is 0.320 e. The van der Waals surface area contributed by atoms with Crippen LogP contribution in [0.15, 0.2) is 12.2 Å². The number of nitrogens with one attached hydrogen (secondary N) is 1. The van der Waals surface area contributed by atoms with Crippen molar-refractivity contribution in [3.05, 3.63) is 12.2 Å². The fourth-order valence-electron chi connectivity index (χ4n) is 3.20. The van der Waals surface area contributed by atoms with Gasteiger partial charge in [0.25, 0.3) is 0 Å². The molecule has 0 fully saturated rings. The van der Waals surface area contributed by atoms with Crippen LogP contribution in [0, 0.1) is 0 Å². The van der Waals surface area contributed by atoms with Crippen LogP contribution in [-0.2, 0) is 4.79 Å². The summed E-state index contributed by atoms with van der Waals surface area (Å²) in [5.74, 6) is 0.186. The first kappa shape index (κ1) is 26.5. The van der Waals surface area contributed by atoms with Crippen LogP contribution in [0.2, 0.25) is 0 Å². The predicted octanol–water partition coefficient (Wildman–Crippen LogP) is 6.82. The molecule has 1 atom stereocenters. The van der Waals surface area contributed by atoms with Crippen molar-refractivity contribution < 1.29 is 9.90 Å². The lowest BCUT2D eigenvalue weighted by Crippen LogP contribution is -2.37. The molecule has 0 aliphatic heterocycles. The average molecular weight is 400 g/mol. The van der Waals surface area contributed by atoms with Gasteiger partial charge in [-0.05, 0) is 57.1 Å². The van der Waals surface area contributed by atoms with E-state index in [0.717, 1.165) is 18.7 Å². The Balaban J connectivity index is 3.30. The molecule has 0 aromatic heterocycles. The van der Waals surface area contributed by atoms with Crippen molar-refractivity contribution in [1.29, 1.82) is 0 Å². The molecule has 160 valence electrons. The van der Waals surface area contributed by atoms with E-state index in [-0.39, 0.29) is 6.04 Å². The topological polar surface area (TPSA) is 49.3 Å². The SMILES string of the molecule is CCCCCCCC/C=C\CCCCCCCCNC(CCSC)C(=O)O. The second-order valence-electron chi connectivity index (χ2n) is 7.56. The molecule has 0 aromatic rings. The lowest BCUT2D eigenvalue weighted by atomic mass is 10.1. The minimum absolute atomic E-state index is 0.374. The van der Waals surface area contributed by atoms with Crippen molar-refractivity contribution in [2.24, 2.45) is 0 Å². The Hall–Kier alpha value is -0.480. The lowest BCUT2D eigenvalue weighted by molar-refractivity contribution is -0.139. The zero-order chi connectivity index (χ0) is 20.0. The third kappa shape index (κ3) is 20.1. The number of rotatable bonds is 21. The van der Waals surface area contributed by atoms with E-state index in [1.165, 1.54) is 83.5 Å². The molecule has 0 aliphatic rings. The highest BCUT2D eigenvalue weighted by Crippen LogP contribution is 2.10. The monoisotopic (exact) mass is 399 g/mol. The van der Waals surface area contributed by atoms with Crippen LogP contribution in [0.4, 0.5) is 0 Å². The number of hydrogen-bond donors (Lipinski definition) is 2. The van der Waals surface area contributed by atoms with E-state index < -0.39 is 5.97 Å². The summed E-state index contributed by atoms with van der Waals surface area (Å²) in [6.45, 7) is 3.10. The molecule has 2 N–H and O–H groups in total. The Bertz CT molecular complexity index is 347. The zero-order valence-electron chi connectivity index (χ0n) is 18.0. The first-order chi connectivity index (χ1) is 13.2. The number of carbonyl (C=O) groups is 1. The van der Waals surface area contributed by atoms with Gasteiger partial charge in [-0.3, -0.25) is 4.79 Å². The number of allylic oxidation sites excluding steroid dienone is 2. The minimum atomic E-state index is -0.714. The van der Waals surface area contributed by atoms with E-state index >= 15 is 0 Å². The summed E-state index contributed by atoms with van der Waals surface area (Å²) in [6, 6.07) is -0.374. The fourth-order valence-corrected chi connectivity index (χ4v) is 3.67. The highest BCUT2D eigenvalue weighted by molar-refractivity contribution is 7.98. The Kier molecular flexibility index (Phi) is 21.4. The molecule has 0 spiro atoms. The van der Waals surface area contributed by atoms with Crippen LogP contribution in [0.3, 0.4) is 0 Å². The Morgan fingerprint density at radius 3 is 1.93 bits per heavy atom. The maximum absolute atomic E-state index is 11.1. The van der Waals surface area contributed by atoms with Gasteiger partial charge in [-0.15, -0.1) is 0 Å². The molecular weight excluding hydrogens is 354 g/mol. The molecule has 0 heterocycles. The van der Waals surface area contributed by atoms with E-state index in [4.69, 9.17) is 5.11 Å². The van der Waals surface area contributed by atoms with E-state index in [0.29, 0.717) is 6.42 Å². The largest absolute Gasteiger partial charge is 0.480 e. The second kappa shape index (κ2) is 21.8. The fraction of sp³-hybridized carbons (Fsp3) is 0.870. The van der Waals surface area contributed by atoms with Crippen LogP contribution in [0.25, 0.3) is 0 Å². The number of carboxylic acid groups (broad SMARTS) is 1. The molecule has 3 nitrogen and oxygen atoms in total. The lowest BCUT2D eigenvalue weighted by Gasteiger charge is -2.13. The normalized spacial score (nSPS) is 12.7. The first-order valence-electron chi connectivity index (χ1n) is 11.3. The molecule has 27 heavy (non-hydrogen) atoms. The standard InChI is InChI=1S/C23H45NO2S/c1-3-4-5-6-7-8-9-10-11-12-13-14-15-16-17-18-20-24-22(23(25)26)19-21-27-2/h10-11,22,24H,3-9,12-21H2,1-2H3,(H,25,26)/b11-10-. The molecule has 0 radical (unpaired) electrons. The smallest absolute Gasteiger partial charge is 0.320 e. The van der Waals surface area contributed by atoms with Gasteiger partial charge in [-0.25, -0.2) is 0 Å². The molecule has 0 saturated carbocycles. The van der Waals surface area contributed by atoms with Crippen LogP contribution in [-0.4, -0.2) is 35.7 Å². The summed E-state index contributed by atoms with van der Waals surface area (Å²) in [7, 11) is 0. The predicted molar refractivity (Wildman–Crippen MR) is 122 cm³/mol. The van der Waals surface area contributed by atoms with Gasteiger partial charge in [0.2, 0.25) is 0 Å². The maximum atomic E-state index is 11.1. The summed E-state index contributed by atoms with van der Waals surface area (Å²) >= 11 is 1.70. The van der Waals surface area contributed by atoms with E-state index in [1.807, 2.05) is 6.26 Å². The van der Waals surface area contributed by atoms with Crippen LogP contribution >= 0.6 is 11.8 Å². The van der Waals surface area contributed by atoms with Crippen LogP contribution in [0.1, 0.15) is 103 Å². The number of carboxylic acids is 1. The highest BCUT2D eigenvalue weighted by Gasteiger charge is 2.15. The summed E-state index contributed by atoms with van der Waals surface area (Å²) < 4.78 is 0. The van der Waals surface area contributed by atoms with E-state index in [9.17, 15) is 4.79 Å². The van der Waals surface area contributed by atoms with Gasteiger partial charge < -0.3 is 10.4 Å². The van der Waals surface area contributed by atoms with Crippen molar-refractivity contribution in [1.82, 2.24) is 5.32 Å². The van der Waals surface area contributed by atoms with Gasteiger partial charge in [-0.1, -0.05) is 76.9 Å². The third-order valence-electron chi connectivity index (χ3n) is 4.99. The number of unbranched alkanes of at least 4 members (excludes halogenated alkanes) is 12. The number of hydrogen-bond acceptors (Lipinski definition) is 3. The summed E-state index contributed by atoms with van der Waals surface area (Å²) in [6.07, 6.45) is 25.8. The zero-order valence-corrected chi connectivity index (χ0v) is 18.8. The highest BCUT2D eigenvalue weighted by atomic mass is 32.2. The van der Waals surface area contributed by atoms with Gasteiger partial charge in [0.1, 0.15) is 6.04 Å². The average Bonchev–Trinajstić information content (AvgIpc) is 2.66. The molecule has 0 amide bonds. The minimum Gasteiger partial charge on any atom is -0.480 e. The Morgan fingerprint density at radius 1 is 0.889 bits per heavy atom. The molecule has 0 aromatic carbocycles. The quantitative estimate of drug-likeness (QED) is 0.164. The molecule has 0 aliphatic carbocycles. The van der Waals surface area contributed by atoms with Crippen molar-refractivity contribution in [2.45, 2.75) is 109 Å². The Morgan fingerprint density at radius 2 is 1.41 bits per heavy atom. The molecular formula is C23H45NO2S.